The normalized spacial score (nSPS) is 14.4. The smallest absolute Gasteiger partial charge is 0.408 e. The number of carbonyl (C=O) groups is 3. The van der Waals surface area contributed by atoms with Crippen LogP contribution in [0.4, 0.5) is 16.2 Å². The lowest BCUT2D eigenvalue weighted by Crippen LogP contribution is -2.41. The summed E-state index contributed by atoms with van der Waals surface area (Å²) in [6.45, 7) is 4.34. The molecule has 1 saturated heterocycles. The molecule has 0 unspecified atom stereocenters. The number of carbonyl (C=O) groups excluding carboxylic acids is 3. The minimum Gasteiger partial charge on any atom is -0.445 e. The van der Waals surface area contributed by atoms with Gasteiger partial charge in [0.2, 0.25) is 11.8 Å². The van der Waals surface area contributed by atoms with Gasteiger partial charge in [-0.2, -0.15) is 0 Å². The van der Waals surface area contributed by atoms with E-state index in [1.54, 1.807) is 17.9 Å². The van der Waals surface area contributed by atoms with Gasteiger partial charge in [-0.25, -0.2) is 4.79 Å². The second kappa shape index (κ2) is 9.23. The highest BCUT2D eigenvalue weighted by molar-refractivity contribution is 5.98. The SMILES string of the molecule is Cc1cc(NC(=O)[C@H](C)NC(=O)OCc2ccccc2)ccc1N1CCCC1=O. The van der Waals surface area contributed by atoms with E-state index in [1.807, 2.05) is 49.4 Å². The van der Waals surface area contributed by atoms with Crippen molar-refractivity contribution in [1.29, 1.82) is 0 Å². The zero-order valence-electron chi connectivity index (χ0n) is 16.6. The summed E-state index contributed by atoms with van der Waals surface area (Å²) < 4.78 is 5.13. The van der Waals surface area contributed by atoms with E-state index in [1.165, 1.54) is 0 Å². The number of benzene rings is 2. The predicted molar refractivity (Wildman–Crippen MR) is 111 cm³/mol. The van der Waals surface area contributed by atoms with Crippen LogP contribution in [0.1, 0.15) is 30.9 Å². The van der Waals surface area contributed by atoms with Gasteiger partial charge in [0, 0.05) is 24.3 Å². The maximum absolute atomic E-state index is 12.4. The van der Waals surface area contributed by atoms with Crippen molar-refractivity contribution in [2.45, 2.75) is 39.3 Å². The first-order valence-electron chi connectivity index (χ1n) is 9.63. The molecule has 0 saturated carbocycles. The molecule has 29 heavy (non-hydrogen) atoms. The molecule has 1 atom stereocenters. The van der Waals surface area contributed by atoms with E-state index >= 15 is 0 Å². The Morgan fingerprint density at radius 2 is 1.93 bits per heavy atom. The summed E-state index contributed by atoms with van der Waals surface area (Å²) in [5.41, 5.74) is 3.24. The van der Waals surface area contributed by atoms with Crippen LogP contribution in [-0.2, 0) is 20.9 Å². The average Bonchev–Trinajstić information content (AvgIpc) is 3.13. The molecule has 0 aromatic heterocycles. The number of amides is 3. The third-order valence-electron chi connectivity index (χ3n) is 4.77. The lowest BCUT2D eigenvalue weighted by atomic mass is 10.1. The molecule has 0 aliphatic carbocycles. The highest BCUT2D eigenvalue weighted by Gasteiger charge is 2.23. The van der Waals surface area contributed by atoms with Crippen LogP contribution in [0.5, 0.6) is 0 Å². The summed E-state index contributed by atoms with van der Waals surface area (Å²) in [7, 11) is 0. The van der Waals surface area contributed by atoms with Gasteiger partial charge in [-0.1, -0.05) is 30.3 Å². The number of nitrogens with zero attached hydrogens (tertiary/aromatic N) is 1. The molecule has 2 N–H and O–H groups in total. The number of rotatable bonds is 6. The van der Waals surface area contributed by atoms with Gasteiger partial charge in [-0.3, -0.25) is 9.59 Å². The Labute approximate surface area is 170 Å². The van der Waals surface area contributed by atoms with E-state index in [4.69, 9.17) is 4.74 Å². The molecule has 1 aliphatic rings. The van der Waals surface area contributed by atoms with Crippen LogP contribution in [0.15, 0.2) is 48.5 Å². The Kier molecular flexibility index (Phi) is 6.49. The van der Waals surface area contributed by atoms with Crippen molar-refractivity contribution in [3.05, 3.63) is 59.7 Å². The molecule has 152 valence electrons. The minimum absolute atomic E-state index is 0.122. The molecule has 2 aromatic rings. The Balaban J connectivity index is 1.51. The van der Waals surface area contributed by atoms with Crippen LogP contribution >= 0.6 is 0 Å². The molecule has 7 nitrogen and oxygen atoms in total. The first-order chi connectivity index (χ1) is 13.9. The molecule has 1 aliphatic heterocycles. The maximum atomic E-state index is 12.4. The molecule has 0 bridgehead atoms. The third kappa shape index (κ3) is 5.34. The van der Waals surface area contributed by atoms with E-state index in [2.05, 4.69) is 10.6 Å². The van der Waals surface area contributed by atoms with Crippen molar-refractivity contribution in [2.75, 3.05) is 16.8 Å². The lowest BCUT2D eigenvalue weighted by Gasteiger charge is -2.19. The molecule has 1 fully saturated rings. The number of hydrogen-bond acceptors (Lipinski definition) is 4. The molecule has 2 aromatic carbocycles. The Morgan fingerprint density at radius 1 is 1.17 bits per heavy atom. The molecular weight excluding hydrogens is 370 g/mol. The molecule has 0 spiro atoms. The van der Waals surface area contributed by atoms with Crippen molar-refractivity contribution >= 4 is 29.3 Å². The van der Waals surface area contributed by atoms with Gasteiger partial charge in [-0.05, 0) is 49.6 Å². The maximum Gasteiger partial charge on any atom is 0.408 e. The Bertz CT molecular complexity index is 898. The van der Waals surface area contributed by atoms with Gasteiger partial charge in [0.1, 0.15) is 12.6 Å². The number of nitrogens with one attached hydrogen (secondary N) is 2. The molecule has 7 heteroatoms. The van der Waals surface area contributed by atoms with E-state index in [0.717, 1.165) is 29.8 Å². The number of ether oxygens (including phenoxy) is 1. The number of anilines is 2. The van der Waals surface area contributed by atoms with E-state index < -0.39 is 12.1 Å². The standard InChI is InChI=1S/C22H25N3O4/c1-15-13-18(10-11-19(15)25-12-6-9-20(25)26)24-21(27)16(2)23-22(28)29-14-17-7-4-3-5-8-17/h3-5,7-8,10-11,13,16H,6,9,12,14H2,1-2H3,(H,23,28)(H,24,27)/t16-/m0/s1. The van der Waals surface area contributed by atoms with Crippen LogP contribution in [0, 0.1) is 6.92 Å². The van der Waals surface area contributed by atoms with Crippen LogP contribution in [0.25, 0.3) is 0 Å². The van der Waals surface area contributed by atoms with Gasteiger partial charge in [0.25, 0.3) is 0 Å². The summed E-state index contributed by atoms with van der Waals surface area (Å²) in [6, 6.07) is 14.0. The molecule has 1 heterocycles. The third-order valence-corrected chi connectivity index (χ3v) is 4.77. The second-order valence-corrected chi connectivity index (χ2v) is 7.07. The minimum atomic E-state index is -0.765. The quantitative estimate of drug-likeness (QED) is 0.785. The van der Waals surface area contributed by atoms with Crippen molar-refractivity contribution in [3.63, 3.8) is 0 Å². The van der Waals surface area contributed by atoms with Crippen LogP contribution in [0.3, 0.4) is 0 Å². The zero-order valence-corrected chi connectivity index (χ0v) is 16.6. The fourth-order valence-electron chi connectivity index (χ4n) is 3.20. The van der Waals surface area contributed by atoms with Crippen molar-refractivity contribution in [2.24, 2.45) is 0 Å². The Morgan fingerprint density at radius 3 is 2.59 bits per heavy atom. The van der Waals surface area contributed by atoms with Crippen LogP contribution in [0.2, 0.25) is 0 Å². The molecule has 0 radical (unpaired) electrons. The van der Waals surface area contributed by atoms with Gasteiger partial charge in [0.05, 0.1) is 0 Å². The van der Waals surface area contributed by atoms with Gasteiger partial charge < -0.3 is 20.3 Å². The topological polar surface area (TPSA) is 87.7 Å². The molecule has 3 amide bonds. The van der Waals surface area contributed by atoms with Gasteiger partial charge >= 0.3 is 6.09 Å². The van der Waals surface area contributed by atoms with Crippen LogP contribution in [-0.4, -0.2) is 30.5 Å². The van der Waals surface area contributed by atoms with E-state index in [-0.39, 0.29) is 18.4 Å². The summed E-state index contributed by atoms with van der Waals surface area (Å²) in [4.78, 5) is 38.0. The first-order valence-corrected chi connectivity index (χ1v) is 9.63. The average molecular weight is 395 g/mol. The number of aryl methyl sites for hydroxylation is 1. The summed E-state index contributed by atoms with van der Waals surface area (Å²) >= 11 is 0. The van der Waals surface area contributed by atoms with Gasteiger partial charge in [-0.15, -0.1) is 0 Å². The second-order valence-electron chi connectivity index (χ2n) is 7.07. The molecule has 3 rings (SSSR count). The number of alkyl carbamates (subject to hydrolysis) is 1. The zero-order chi connectivity index (χ0) is 20.8. The largest absolute Gasteiger partial charge is 0.445 e. The summed E-state index contributed by atoms with van der Waals surface area (Å²) in [5.74, 6) is -0.234. The summed E-state index contributed by atoms with van der Waals surface area (Å²) in [6.07, 6.45) is 0.775. The van der Waals surface area contributed by atoms with Crippen molar-refractivity contribution < 1.29 is 19.1 Å². The van der Waals surface area contributed by atoms with Crippen LogP contribution < -0.4 is 15.5 Å². The summed E-state index contributed by atoms with van der Waals surface area (Å²) in [5, 5.41) is 5.30. The lowest BCUT2D eigenvalue weighted by molar-refractivity contribution is -0.118. The fourth-order valence-corrected chi connectivity index (χ4v) is 3.20. The fraction of sp³-hybridized carbons (Fsp3) is 0.318. The van der Waals surface area contributed by atoms with Crippen molar-refractivity contribution in [1.82, 2.24) is 5.32 Å². The molecular formula is C22H25N3O4. The van der Waals surface area contributed by atoms with E-state index in [0.29, 0.717) is 12.1 Å². The van der Waals surface area contributed by atoms with Crippen molar-refractivity contribution in [3.8, 4) is 0 Å². The Hall–Kier alpha value is -3.35. The first kappa shape index (κ1) is 20.4. The predicted octanol–water partition coefficient (Wildman–Crippen LogP) is 3.38. The number of hydrogen-bond donors (Lipinski definition) is 2. The monoisotopic (exact) mass is 395 g/mol. The highest BCUT2D eigenvalue weighted by Crippen LogP contribution is 2.27. The highest BCUT2D eigenvalue weighted by atomic mass is 16.5. The van der Waals surface area contributed by atoms with Gasteiger partial charge in [0.15, 0.2) is 0 Å². The van der Waals surface area contributed by atoms with E-state index in [9.17, 15) is 14.4 Å².